The Labute approximate surface area is 124 Å². The van der Waals surface area contributed by atoms with Gasteiger partial charge in [-0.05, 0) is 43.7 Å². The minimum Gasteiger partial charge on any atom is -0.398 e. The van der Waals surface area contributed by atoms with E-state index in [1.165, 1.54) is 12.1 Å². The Kier molecular flexibility index (Phi) is 4.55. The topological polar surface area (TPSA) is 92.4 Å². The summed E-state index contributed by atoms with van der Waals surface area (Å²) in [5.74, 6) is -0.365. The van der Waals surface area contributed by atoms with Crippen LogP contribution in [0.4, 0.5) is 10.1 Å². The number of nitrogens with two attached hydrogens (primary N) is 1. The fourth-order valence-corrected chi connectivity index (χ4v) is 3.89. The largest absolute Gasteiger partial charge is 0.398 e. The SMILES string of the molecule is CC1CCC(O)(CNS(=O)(=O)c2c(N)cccc2F)CC1. The van der Waals surface area contributed by atoms with E-state index < -0.39 is 26.3 Å². The highest BCUT2D eigenvalue weighted by atomic mass is 32.2. The molecule has 0 atom stereocenters. The number of halogens is 1. The van der Waals surface area contributed by atoms with Crippen LogP contribution in [0.1, 0.15) is 32.6 Å². The molecule has 7 heteroatoms. The smallest absolute Gasteiger partial charge is 0.245 e. The molecule has 0 spiro atoms. The molecular formula is C14H21FN2O3S. The molecule has 4 N–H and O–H groups in total. The van der Waals surface area contributed by atoms with Crippen LogP contribution in [-0.2, 0) is 10.0 Å². The molecule has 1 aliphatic carbocycles. The van der Waals surface area contributed by atoms with Gasteiger partial charge in [-0.15, -0.1) is 0 Å². The number of hydrogen-bond acceptors (Lipinski definition) is 4. The van der Waals surface area contributed by atoms with Gasteiger partial charge in [0.15, 0.2) is 0 Å². The summed E-state index contributed by atoms with van der Waals surface area (Å²) in [5, 5.41) is 10.4. The van der Waals surface area contributed by atoms with Crippen LogP contribution in [0.3, 0.4) is 0 Å². The number of nitrogen functional groups attached to an aromatic ring is 1. The third kappa shape index (κ3) is 3.72. The lowest BCUT2D eigenvalue weighted by Gasteiger charge is -2.34. The van der Waals surface area contributed by atoms with Crippen molar-refractivity contribution in [2.45, 2.75) is 43.1 Å². The Morgan fingerprint density at radius 3 is 2.62 bits per heavy atom. The second-order valence-electron chi connectivity index (χ2n) is 5.89. The van der Waals surface area contributed by atoms with Gasteiger partial charge in [0.25, 0.3) is 0 Å². The molecule has 0 aromatic heterocycles. The van der Waals surface area contributed by atoms with Crippen molar-refractivity contribution in [2.24, 2.45) is 5.92 Å². The summed E-state index contributed by atoms with van der Waals surface area (Å²) >= 11 is 0. The van der Waals surface area contributed by atoms with Crippen LogP contribution in [-0.4, -0.2) is 25.7 Å². The number of benzene rings is 1. The Bertz CT molecular complexity index is 590. The second-order valence-corrected chi connectivity index (χ2v) is 7.59. The van der Waals surface area contributed by atoms with Crippen molar-refractivity contribution in [3.8, 4) is 0 Å². The quantitative estimate of drug-likeness (QED) is 0.736. The molecule has 0 radical (unpaired) electrons. The standard InChI is InChI=1S/C14H21FN2O3S/c1-10-5-7-14(18,8-6-10)9-17-21(19,20)13-11(15)3-2-4-12(13)16/h2-4,10,17-18H,5-9,16H2,1H3. The van der Waals surface area contributed by atoms with E-state index in [1.54, 1.807) is 0 Å². The average Bonchev–Trinajstić information content (AvgIpc) is 2.40. The van der Waals surface area contributed by atoms with E-state index in [1.807, 2.05) is 0 Å². The predicted molar refractivity (Wildman–Crippen MR) is 78.6 cm³/mol. The van der Waals surface area contributed by atoms with Gasteiger partial charge in [0.05, 0.1) is 11.3 Å². The maximum atomic E-state index is 13.7. The third-order valence-corrected chi connectivity index (χ3v) is 5.55. The third-order valence-electron chi connectivity index (χ3n) is 4.06. The minimum atomic E-state index is -4.08. The maximum Gasteiger partial charge on any atom is 0.245 e. The first-order chi connectivity index (χ1) is 9.73. The summed E-state index contributed by atoms with van der Waals surface area (Å²) in [7, 11) is -4.08. The second kappa shape index (κ2) is 5.90. The Balaban J connectivity index is 2.12. The van der Waals surface area contributed by atoms with Crippen molar-refractivity contribution < 1.29 is 17.9 Å². The van der Waals surface area contributed by atoms with Gasteiger partial charge in [-0.25, -0.2) is 17.5 Å². The van der Waals surface area contributed by atoms with Gasteiger partial charge in [0.2, 0.25) is 10.0 Å². The van der Waals surface area contributed by atoms with Gasteiger partial charge < -0.3 is 10.8 Å². The monoisotopic (exact) mass is 316 g/mol. The van der Waals surface area contributed by atoms with Gasteiger partial charge in [-0.3, -0.25) is 0 Å². The molecule has 0 heterocycles. The van der Waals surface area contributed by atoms with E-state index in [-0.39, 0.29) is 12.2 Å². The van der Waals surface area contributed by atoms with Crippen LogP contribution in [0, 0.1) is 11.7 Å². The van der Waals surface area contributed by atoms with Crippen molar-refractivity contribution in [1.29, 1.82) is 0 Å². The van der Waals surface area contributed by atoms with Crippen LogP contribution in [0.25, 0.3) is 0 Å². The molecule has 0 bridgehead atoms. The molecule has 1 aliphatic rings. The van der Waals surface area contributed by atoms with Crippen LogP contribution in [0.15, 0.2) is 23.1 Å². The first-order valence-corrected chi connectivity index (χ1v) is 8.48. The molecule has 5 nitrogen and oxygen atoms in total. The molecule has 2 rings (SSSR count). The summed E-state index contributed by atoms with van der Waals surface area (Å²) in [6.45, 7) is 1.97. The normalized spacial score (nSPS) is 26.7. The summed E-state index contributed by atoms with van der Waals surface area (Å²) in [4.78, 5) is -0.558. The van der Waals surface area contributed by atoms with Gasteiger partial charge in [0.1, 0.15) is 10.7 Å². The van der Waals surface area contributed by atoms with Crippen molar-refractivity contribution in [1.82, 2.24) is 4.72 Å². The fourth-order valence-electron chi connectivity index (χ4n) is 2.59. The maximum absolute atomic E-state index is 13.7. The van der Waals surface area contributed by atoms with Crippen LogP contribution < -0.4 is 10.5 Å². The number of hydrogen-bond donors (Lipinski definition) is 3. The molecule has 118 valence electrons. The van der Waals surface area contributed by atoms with E-state index in [4.69, 9.17) is 5.73 Å². The molecule has 0 saturated heterocycles. The van der Waals surface area contributed by atoms with E-state index in [2.05, 4.69) is 11.6 Å². The molecule has 1 fully saturated rings. The van der Waals surface area contributed by atoms with E-state index in [9.17, 15) is 17.9 Å². The van der Waals surface area contributed by atoms with Gasteiger partial charge >= 0.3 is 0 Å². The van der Waals surface area contributed by atoms with Crippen molar-refractivity contribution in [3.05, 3.63) is 24.0 Å². The Hall–Kier alpha value is -1.18. The molecule has 21 heavy (non-hydrogen) atoms. The number of nitrogens with one attached hydrogen (secondary N) is 1. The molecule has 0 unspecified atom stereocenters. The molecule has 1 aromatic carbocycles. The lowest BCUT2D eigenvalue weighted by molar-refractivity contribution is -0.00183. The summed E-state index contributed by atoms with van der Waals surface area (Å²) in [6.07, 6.45) is 2.76. The average molecular weight is 316 g/mol. The van der Waals surface area contributed by atoms with Gasteiger partial charge in [-0.1, -0.05) is 13.0 Å². The van der Waals surface area contributed by atoms with Crippen LogP contribution in [0.2, 0.25) is 0 Å². The molecule has 0 amide bonds. The predicted octanol–water partition coefficient (Wildman–Crippen LogP) is 1.63. The molecule has 1 saturated carbocycles. The highest BCUT2D eigenvalue weighted by Crippen LogP contribution is 2.32. The fraction of sp³-hybridized carbons (Fsp3) is 0.571. The van der Waals surface area contributed by atoms with Gasteiger partial charge in [0, 0.05) is 6.54 Å². The van der Waals surface area contributed by atoms with Crippen molar-refractivity contribution >= 4 is 15.7 Å². The van der Waals surface area contributed by atoms with E-state index >= 15 is 0 Å². The van der Waals surface area contributed by atoms with E-state index in [0.717, 1.165) is 18.9 Å². The molecule has 1 aromatic rings. The Morgan fingerprint density at radius 1 is 1.43 bits per heavy atom. The van der Waals surface area contributed by atoms with Crippen LogP contribution >= 0.6 is 0 Å². The lowest BCUT2D eigenvalue weighted by Crippen LogP contribution is -2.45. The highest BCUT2D eigenvalue weighted by molar-refractivity contribution is 7.89. The van der Waals surface area contributed by atoms with Crippen LogP contribution in [0.5, 0.6) is 0 Å². The first-order valence-electron chi connectivity index (χ1n) is 6.99. The summed E-state index contributed by atoms with van der Waals surface area (Å²) in [5.41, 5.74) is 4.33. The van der Waals surface area contributed by atoms with E-state index in [0.29, 0.717) is 18.8 Å². The molecule has 0 aliphatic heterocycles. The van der Waals surface area contributed by atoms with Gasteiger partial charge in [-0.2, -0.15) is 0 Å². The molecular weight excluding hydrogens is 295 g/mol. The summed E-state index contributed by atoms with van der Waals surface area (Å²) < 4.78 is 40.3. The number of rotatable bonds is 4. The number of aliphatic hydroxyl groups is 1. The minimum absolute atomic E-state index is 0.129. The van der Waals surface area contributed by atoms with Crippen molar-refractivity contribution in [2.75, 3.05) is 12.3 Å². The Morgan fingerprint density at radius 2 is 2.05 bits per heavy atom. The zero-order valence-electron chi connectivity index (χ0n) is 12.0. The highest BCUT2D eigenvalue weighted by Gasteiger charge is 2.34. The zero-order valence-corrected chi connectivity index (χ0v) is 12.8. The number of anilines is 1. The van der Waals surface area contributed by atoms with Crippen molar-refractivity contribution in [3.63, 3.8) is 0 Å². The first kappa shape index (κ1) is 16.2. The summed E-state index contributed by atoms with van der Waals surface area (Å²) in [6, 6.07) is 3.72. The zero-order chi connectivity index (χ0) is 15.7. The number of sulfonamides is 1. The lowest BCUT2D eigenvalue weighted by atomic mass is 9.80.